The average molecular weight is 397 g/mol. The van der Waals surface area contributed by atoms with Gasteiger partial charge in [-0.2, -0.15) is 0 Å². The number of benzene rings is 2. The first-order valence-electron chi connectivity index (χ1n) is 9.77. The van der Waals surface area contributed by atoms with Gasteiger partial charge in [0.1, 0.15) is 11.9 Å². The van der Waals surface area contributed by atoms with Crippen molar-refractivity contribution < 1.29 is 14.2 Å². The summed E-state index contributed by atoms with van der Waals surface area (Å²) < 4.78 is 19.2. The number of aliphatic hydroxyl groups excluding tert-OH is 1. The monoisotopic (exact) mass is 396 g/mol. The molecule has 1 N–H and O–H groups in total. The Morgan fingerprint density at radius 2 is 1.86 bits per heavy atom. The van der Waals surface area contributed by atoms with Gasteiger partial charge in [-0.05, 0) is 73.2 Å². The van der Waals surface area contributed by atoms with E-state index in [9.17, 15) is 9.50 Å². The highest BCUT2D eigenvalue weighted by atomic mass is 32.1. The third-order valence-corrected chi connectivity index (χ3v) is 6.59. The molecule has 146 valence electrons. The largest absolute Gasteiger partial charge is 0.390 e. The van der Waals surface area contributed by atoms with E-state index >= 15 is 0 Å². The molecule has 4 heteroatoms. The lowest BCUT2D eigenvalue weighted by Crippen LogP contribution is -2.31. The second-order valence-electron chi connectivity index (χ2n) is 7.65. The minimum atomic E-state index is -0.446. The molecule has 0 saturated carbocycles. The maximum absolute atomic E-state index is 13.2. The van der Waals surface area contributed by atoms with Crippen LogP contribution in [0.25, 0.3) is 10.4 Å². The van der Waals surface area contributed by atoms with Crippen molar-refractivity contribution in [1.82, 2.24) is 0 Å². The molecule has 2 nitrogen and oxygen atoms in total. The van der Waals surface area contributed by atoms with Gasteiger partial charge >= 0.3 is 0 Å². The van der Waals surface area contributed by atoms with E-state index in [1.165, 1.54) is 28.1 Å². The van der Waals surface area contributed by atoms with Gasteiger partial charge in [0.2, 0.25) is 0 Å². The second-order valence-corrected chi connectivity index (χ2v) is 8.82. The maximum atomic E-state index is 13.2. The number of hydrogen-bond acceptors (Lipinski definition) is 3. The Kier molecular flexibility index (Phi) is 5.63. The fourth-order valence-corrected chi connectivity index (χ4v) is 4.79. The molecule has 0 aliphatic carbocycles. The standard InChI is InChI=1S/C24H25FO2S/c1-15-3-5-18(24-22(26)11-4-16(2)27-24)13-19(15)14-21-10-12-23(28-21)17-6-8-20(25)9-7-17/h3,5-10,12-13,16,22,24,26H,4,11,14H2,1-2H3/t16-,22?,24?/m0/s1. The van der Waals surface area contributed by atoms with Gasteiger partial charge in [-0.15, -0.1) is 11.3 Å². The van der Waals surface area contributed by atoms with Crippen molar-refractivity contribution in [2.24, 2.45) is 0 Å². The Morgan fingerprint density at radius 3 is 2.64 bits per heavy atom. The summed E-state index contributed by atoms with van der Waals surface area (Å²) in [4.78, 5) is 2.40. The first kappa shape index (κ1) is 19.3. The van der Waals surface area contributed by atoms with Crippen LogP contribution in [0.2, 0.25) is 0 Å². The Hall–Kier alpha value is -2.01. The summed E-state index contributed by atoms with van der Waals surface area (Å²) in [6, 6.07) is 17.2. The zero-order chi connectivity index (χ0) is 19.7. The Labute approximate surface area is 169 Å². The SMILES string of the molecule is Cc1ccc(C2O[C@@H](C)CCC2O)cc1Cc1ccc(-c2ccc(F)cc2)s1. The van der Waals surface area contributed by atoms with E-state index in [1.807, 2.05) is 12.1 Å². The van der Waals surface area contributed by atoms with Crippen molar-refractivity contribution in [1.29, 1.82) is 0 Å². The van der Waals surface area contributed by atoms with Crippen LogP contribution in [0.15, 0.2) is 54.6 Å². The molecule has 2 aromatic carbocycles. The van der Waals surface area contributed by atoms with Gasteiger partial charge in [0.05, 0.1) is 12.2 Å². The van der Waals surface area contributed by atoms with E-state index in [1.54, 1.807) is 11.3 Å². The molecule has 1 saturated heterocycles. The highest BCUT2D eigenvalue weighted by Crippen LogP contribution is 2.34. The highest BCUT2D eigenvalue weighted by Gasteiger charge is 2.29. The predicted octanol–water partition coefficient (Wildman–Crippen LogP) is 6.05. The van der Waals surface area contributed by atoms with Crippen molar-refractivity contribution >= 4 is 11.3 Å². The molecule has 3 atom stereocenters. The number of aryl methyl sites for hydroxylation is 1. The van der Waals surface area contributed by atoms with Crippen LogP contribution in [-0.4, -0.2) is 17.3 Å². The van der Waals surface area contributed by atoms with E-state index in [0.717, 1.165) is 35.3 Å². The number of thiophene rings is 1. The summed E-state index contributed by atoms with van der Waals surface area (Å²) in [6.07, 6.45) is 2.00. The molecule has 1 fully saturated rings. The van der Waals surface area contributed by atoms with Gasteiger partial charge in [-0.1, -0.05) is 30.3 Å². The minimum absolute atomic E-state index is 0.175. The molecular weight excluding hydrogens is 371 g/mol. The van der Waals surface area contributed by atoms with Gasteiger partial charge in [0, 0.05) is 16.2 Å². The number of aliphatic hydroxyl groups is 1. The molecule has 0 amide bonds. The Bertz CT molecular complexity index is 947. The molecule has 28 heavy (non-hydrogen) atoms. The summed E-state index contributed by atoms with van der Waals surface area (Å²) in [5.41, 5.74) is 4.57. The molecule has 2 heterocycles. The fourth-order valence-electron chi connectivity index (χ4n) is 3.76. The van der Waals surface area contributed by atoms with Gasteiger partial charge in [-0.25, -0.2) is 4.39 Å². The number of rotatable bonds is 4. The number of hydrogen-bond donors (Lipinski definition) is 1. The van der Waals surface area contributed by atoms with Crippen LogP contribution in [0, 0.1) is 12.7 Å². The topological polar surface area (TPSA) is 29.5 Å². The molecule has 1 aromatic heterocycles. The number of halogens is 1. The second kappa shape index (κ2) is 8.16. The first-order valence-corrected chi connectivity index (χ1v) is 10.6. The third kappa shape index (κ3) is 4.19. The average Bonchev–Trinajstić information content (AvgIpc) is 3.15. The zero-order valence-electron chi connectivity index (χ0n) is 16.2. The summed E-state index contributed by atoms with van der Waals surface area (Å²) in [6.45, 7) is 4.19. The Morgan fingerprint density at radius 1 is 1.07 bits per heavy atom. The molecule has 2 unspecified atom stereocenters. The Balaban J connectivity index is 1.56. The highest BCUT2D eigenvalue weighted by molar-refractivity contribution is 7.15. The molecule has 4 rings (SSSR count). The molecule has 0 bridgehead atoms. The van der Waals surface area contributed by atoms with Gasteiger partial charge in [0.25, 0.3) is 0 Å². The quantitative estimate of drug-likeness (QED) is 0.581. The van der Waals surface area contributed by atoms with Crippen LogP contribution in [0.4, 0.5) is 4.39 Å². The smallest absolute Gasteiger partial charge is 0.123 e. The lowest BCUT2D eigenvalue weighted by atomic mass is 9.93. The van der Waals surface area contributed by atoms with E-state index in [4.69, 9.17) is 4.74 Å². The van der Waals surface area contributed by atoms with Crippen LogP contribution >= 0.6 is 11.3 Å². The van der Waals surface area contributed by atoms with E-state index in [2.05, 4.69) is 44.2 Å². The molecular formula is C24H25FO2S. The van der Waals surface area contributed by atoms with Crippen LogP contribution < -0.4 is 0 Å². The fraction of sp³-hybridized carbons (Fsp3) is 0.333. The van der Waals surface area contributed by atoms with E-state index < -0.39 is 6.10 Å². The maximum Gasteiger partial charge on any atom is 0.123 e. The summed E-state index contributed by atoms with van der Waals surface area (Å²) in [7, 11) is 0. The van der Waals surface area contributed by atoms with Crippen LogP contribution in [0.1, 0.15) is 47.4 Å². The van der Waals surface area contributed by atoms with Crippen molar-refractivity contribution in [2.75, 3.05) is 0 Å². The van der Waals surface area contributed by atoms with Crippen LogP contribution in [0.3, 0.4) is 0 Å². The van der Waals surface area contributed by atoms with Crippen LogP contribution in [0.5, 0.6) is 0 Å². The normalized spacial score (nSPS) is 22.4. The predicted molar refractivity (Wildman–Crippen MR) is 112 cm³/mol. The first-order chi connectivity index (χ1) is 13.5. The van der Waals surface area contributed by atoms with Gasteiger partial charge < -0.3 is 9.84 Å². The van der Waals surface area contributed by atoms with Crippen molar-refractivity contribution in [2.45, 2.75) is 51.4 Å². The lowest BCUT2D eigenvalue weighted by Gasteiger charge is -2.33. The van der Waals surface area contributed by atoms with Crippen LogP contribution in [-0.2, 0) is 11.2 Å². The van der Waals surface area contributed by atoms with Gasteiger partial charge in [-0.3, -0.25) is 0 Å². The third-order valence-electron chi connectivity index (χ3n) is 5.45. The van der Waals surface area contributed by atoms with Crippen molar-refractivity contribution in [3.63, 3.8) is 0 Å². The molecule has 0 radical (unpaired) electrons. The number of ether oxygens (including phenoxy) is 1. The minimum Gasteiger partial charge on any atom is -0.390 e. The van der Waals surface area contributed by atoms with Gasteiger partial charge in [0.15, 0.2) is 0 Å². The molecule has 3 aromatic rings. The van der Waals surface area contributed by atoms with Crippen molar-refractivity contribution in [3.8, 4) is 10.4 Å². The summed E-state index contributed by atoms with van der Waals surface area (Å²) >= 11 is 1.73. The van der Waals surface area contributed by atoms with E-state index in [0.29, 0.717) is 0 Å². The summed E-state index contributed by atoms with van der Waals surface area (Å²) in [5.74, 6) is -0.214. The molecule has 1 aliphatic heterocycles. The molecule has 0 spiro atoms. The van der Waals surface area contributed by atoms with E-state index in [-0.39, 0.29) is 18.0 Å². The summed E-state index contributed by atoms with van der Waals surface area (Å²) in [5, 5.41) is 10.4. The molecule has 1 aliphatic rings. The lowest BCUT2D eigenvalue weighted by molar-refractivity contribution is -0.113. The zero-order valence-corrected chi connectivity index (χ0v) is 17.0. The van der Waals surface area contributed by atoms with Crippen molar-refractivity contribution in [3.05, 3.63) is 82.0 Å².